The number of carbonyl (C=O) groups is 2. The third-order valence-corrected chi connectivity index (χ3v) is 14.4. The van der Waals surface area contributed by atoms with Crippen molar-refractivity contribution in [3.63, 3.8) is 0 Å². The third-order valence-electron chi connectivity index (χ3n) is 14.4. The largest absolute Gasteiger partial charge is 0.289 e. The van der Waals surface area contributed by atoms with Crippen LogP contribution in [0.4, 0.5) is 0 Å². The number of benzene rings is 12. The van der Waals surface area contributed by atoms with E-state index in [0.29, 0.717) is 65.6 Å². The van der Waals surface area contributed by atoms with Gasteiger partial charge in [0.1, 0.15) is 0 Å². The molecule has 12 aromatic carbocycles. The lowest BCUT2D eigenvalue weighted by Gasteiger charge is -2.16. The lowest BCUT2D eigenvalue weighted by Crippen LogP contribution is -2.20. The van der Waals surface area contributed by atoms with Crippen molar-refractivity contribution in [3.8, 4) is 11.1 Å². The van der Waals surface area contributed by atoms with E-state index < -0.39 is 0 Å². The second kappa shape index (κ2) is 54.7. The second-order valence-electron chi connectivity index (χ2n) is 44.1. The van der Waals surface area contributed by atoms with Crippen molar-refractivity contribution >= 4 is 71.5 Å². The standard InChI is InChI=1S/C14H8O2.2C14H10.2C10H8.C9H8.C6H6.C5H6.8C5H12/c15-13-9-5-1-2-6-10(9)14(16)12-8-4-3-7-11(12)13;1-3-7-13-11(5-1)9-10-12-6-2-4-8-14(12)13;1-2-6-12-10-14-8-4-3-7-13(14)9-11(12)5-1;1-2-6-10-8-4-3-7-9(10)5-1;1-2-5-9-7-4-8-10(9)6-3-1;1-2-5-9-7-3-6-8(9)4-1;1-2-4-6-5-3-1;1-2-4-5-3-1;8*1-5(2,3)4/h1-8H;2*1-10H;2*1-8H;1-6H,7H2;1-6H;1-4H,5H2;8*1-4H3. The first-order valence-electron chi connectivity index (χ1n) is 44.5. The normalized spacial score (nSPS) is 11.7. The Morgan fingerprint density at radius 3 is 0.661 bits per heavy atom. The molecule has 0 amide bonds. The van der Waals surface area contributed by atoms with Gasteiger partial charge in [-0.15, -0.1) is 0 Å². The molecule has 0 aromatic heterocycles. The van der Waals surface area contributed by atoms with Gasteiger partial charge in [0.15, 0.2) is 11.6 Å². The maximum absolute atomic E-state index is 12.1. The molecule has 124 heavy (non-hydrogen) atoms. The van der Waals surface area contributed by atoms with Crippen molar-refractivity contribution in [1.82, 2.24) is 0 Å². The average molecular weight is 1660 g/mol. The van der Waals surface area contributed by atoms with E-state index in [-0.39, 0.29) is 11.6 Å². The van der Waals surface area contributed by atoms with Gasteiger partial charge in [-0.2, -0.15) is 0 Å². The molecule has 0 bridgehead atoms. The molecule has 0 aliphatic heterocycles. The smallest absolute Gasteiger partial charge is 0.194 e. The maximum Gasteiger partial charge on any atom is 0.194 e. The Morgan fingerprint density at radius 1 is 0.194 bits per heavy atom. The summed E-state index contributed by atoms with van der Waals surface area (Å²) >= 11 is 0. The zero-order chi connectivity index (χ0) is 93.4. The van der Waals surface area contributed by atoms with Crippen LogP contribution in [0.25, 0.3) is 71.1 Å². The minimum absolute atomic E-state index is 0.0641. The molecule has 2 nitrogen and oxygen atoms in total. The molecule has 5 aliphatic rings. The highest BCUT2D eigenvalue weighted by atomic mass is 16.1. The third kappa shape index (κ3) is 58.3. The van der Waals surface area contributed by atoms with E-state index in [1.54, 1.807) is 48.5 Å². The van der Waals surface area contributed by atoms with Gasteiger partial charge in [0, 0.05) is 22.3 Å². The van der Waals surface area contributed by atoms with Crippen LogP contribution >= 0.6 is 0 Å². The summed E-state index contributed by atoms with van der Waals surface area (Å²) in [6, 6.07) is 111. The number of carbonyl (C=O) groups excluding carboxylic acids is 2. The average Bonchev–Trinajstić information content (AvgIpc) is 0.948. The Balaban J connectivity index is 0.000000458. The van der Waals surface area contributed by atoms with E-state index >= 15 is 0 Å². The number of hydrogen-bond acceptors (Lipinski definition) is 2. The van der Waals surface area contributed by atoms with Crippen LogP contribution < -0.4 is 0 Å². The molecule has 0 atom stereocenters. The summed E-state index contributed by atoms with van der Waals surface area (Å²) in [6.45, 7) is 70.0. The number of rotatable bonds is 0. The van der Waals surface area contributed by atoms with E-state index in [1.165, 1.54) is 76.1 Å². The lowest BCUT2D eigenvalue weighted by molar-refractivity contribution is 0.0979. The Bertz CT molecular complexity index is 4740. The Morgan fingerprint density at radius 2 is 0.403 bits per heavy atom. The van der Waals surface area contributed by atoms with E-state index in [9.17, 15) is 9.59 Å². The molecule has 660 valence electrons. The van der Waals surface area contributed by atoms with E-state index in [4.69, 9.17) is 0 Å². The number of fused-ring (bicyclic) bond motifs is 10. The second-order valence-corrected chi connectivity index (χ2v) is 44.1. The van der Waals surface area contributed by atoms with Gasteiger partial charge in [-0.1, -0.05) is 573 Å². The van der Waals surface area contributed by atoms with Crippen LogP contribution in [0.5, 0.6) is 0 Å². The fourth-order valence-electron chi connectivity index (χ4n) is 10.1. The predicted molar refractivity (Wildman–Crippen MR) is 559 cm³/mol. The highest BCUT2D eigenvalue weighted by Gasteiger charge is 2.28. The fraction of sp³-hybridized carbons (Fsp3) is 0.344. The highest BCUT2D eigenvalue weighted by molar-refractivity contribution is 6.28. The van der Waals surface area contributed by atoms with Gasteiger partial charge in [-0.25, -0.2) is 0 Å². The van der Waals surface area contributed by atoms with Crippen molar-refractivity contribution in [1.29, 1.82) is 0 Å². The minimum atomic E-state index is -0.0641. The molecule has 0 radical (unpaired) electrons. The Hall–Kier alpha value is -10.8. The molecular formula is C122H160O2. The van der Waals surface area contributed by atoms with Crippen molar-refractivity contribution in [2.75, 3.05) is 0 Å². The summed E-state index contributed by atoms with van der Waals surface area (Å²) in [6.07, 6.45) is 15.0. The maximum atomic E-state index is 12.1. The van der Waals surface area contributed by atoms with Gasteiger partial charge in [0.2, 0.25) is 0 Å². The fourth-order valence-corrected chi connectivity index (χ4v) is 10.1. The Labute approximate surface area is 756 Å². The Kier molecular flexibility index (Phi) is 48.2. The van der Waals surface area contributed by atoms with Gasteiger partial charge in [0.05, 0.1) is 0 Å². The van der Waals surface area contributed by atoms with Crippen LogP contribution in [0.2, 0.25) is 0 Å². The zero-order valence-corrected chi connectivity index (χ0v) is 82.9. The van der Waals surface area contributed by atoms with Crippen molar-refractivity contribution in [2.24, 2.45) is 43.3 Å². The summed E-state index contributed by atoms with van der Waals surface area (Å²) in [5.74, 6) is -0.128. The monoisotopic (exact) mass is 1660 g/mol. The summed E-state index contributed by atoms with van der Waals surface area (Å²) in [4.78, 5) is 24.2. The zero-order valence-electron chi connectivity index (χ0n) is 82.9. The summed E-state index contributed by atoms with van der Waals surface area (Å²) in [7, 11) is 0. The SMILES string of the molecule is C1=CCC=C1.C1=Cc2ccccc2C1.CC(C)(C)C.CC(C)(C)C.CC(C)(C)C.CC(C)(C)C.CC(C)(C)C.CC(C)(C)C.CC(C)(C)C.CC(C)(C)C.O=C1c2ccccc2C(=O)c2ccccc21.c1ccc2c(c1)ccc1ccccc12.c1ccc2cc3ccccc3cc2c1.c1ccc2cccc-2cc1.c1ccc2ccccc2c1.c1ccccc1. The molecule has 12 aromatic rings. The number of hydrogen-bond donors (Lipinski definition) is 0. The molecule has 0 spiro atoms. The molecular weight excluding hydrogens is 1500 g/mol. The van der Waals surface area contributed by atoms with E-state index in [2.05, 4.69) is 495 Å². The van der Waals surface area contributed by atoms with Gasteiger partial charge in [-0.05, 0) is 144 Å². The summed E-state index contributed by atoms with van der Waals surface area (Å²) in [5.41, 5.74) is 11.5. The number of ketones is 2. The molecule has 17 rings (SSSR count). The molecule has 0 saturated heterocycles. The molecule has 0 heterocycles. The first kappa shape index (κ1) is 109. The van der Waals surface area contributed by atoms with Gasteiger partial charge in [-0.3, -0.25) is 9.59 Å². The molecule has 5 aliphatic carbocycles. The van der Waals surface area contributed by atoms with Crippen molar-refractivity contribution < 1.29 is 9.59 Å². The predicted octanol–water partition coefficient (Wildman–Crippen LogP) is 37.9. The van der Waals surface area contributed by atoms with Crippen LogP contribution in [-0.4, -0.2) is 11.6 Å². The van der Waals surface area contributed by atoms with Gasteiger partial charge < -0.3 is 0 Å². The van der Waals surface area contributed by atoms with E-state index in [1.807, 2.05) is 42.5 Å². The molecule has 2 heteroatoms. The molecule has 0 saturated carbocycles. The quantitative estimate of drug-likeness (QED) is 0.112. The van der Waals surface area contributed by atoms with Crippen LogP contribution in [0.1, 0.15) is 271 Å². The van der Waals surface area contributed by atoms with Crippen molar-refractivity contribution in [2.45, 2.75) is 234 Å². The molecule has 0 unspecified atom stereocenters. The van der Waals surface area contributed by atoms with Gasteiger partial charge >= 0.3 is 0 Å². The first-order chi connectivity index (χ1) is 57.6. The topological polar surface area (TPSA) is 34.1 Å². The molecule has 0 fully saturated rings. The first-order valence-corrected chi connectivity index (χ1v) is 44.5. The van der Waals surface area contributed by atoms with Crippen LogP contribution in [-0.2, 0) is 6.42 Å². The van der Waals surface area contributed by atoms with Crippen LogP contribution in [0.3, 0.4) is 0 Å². The minimum Gasteiger partial charge on any atom is -0.289 e. The van der Waals surface area contributed by atoms with Crippen LogP contribution in [0.15, 0.2) is 358 Å². The van der Waals surface area contributed by atoms with E-state index in [0.717, 1.165) is 12.8 Å². The number of allylic oxidation sites excluding steroid dienone is 5. The van der Waals surface area contributed by atoms with Gasteiger partial charge in [0.25, 0.3) is 0 Å². The highest BCUT2D eigenvalue weighted by Crippen LogP contribution is 2.29. The van der Waals surface area contributed by atoms with Crippen molar-refractivity contribution in [3.05, 3.63) is 391 Å². The molecule has 0 N–H and O–H groups in total. The summed E-state index contributed by atoms with van der Waals surface area (Å²) < 4.78 is 0. The lowest BCUT2D eigenvalue weighted by atomic mass is 9.84. The summed E-state index contributed by atoms with van der Waals surface area (Å²) in [5, 5.41) is 13.2. The van der Waals surface area contributed by atoms with Crippen LogP contribution in [0, 0.1) is 43.3 Å².